The zero-order valence-corrected chi connectivity index (χ0v) is 16.3. The molecule has 0 amide bonds. The minimum atomic E-state index is -0.235. The Labute approximate surface area is 164 Å². The first-order valence-electron chi connectivity index (χ1n) is 8.18. The topological polar surface area (TPSA) is 63.2 Å². The molecule has 2 heterocycles. The van der Waals surface area contributed by atoms with Crippen molar-refractivity contribution in [3.8, 4) is 23.0 Å². The van der Waals surface area contributed by atoms with E-state index >= 15 is 0 Å². The zero-order chi connectivity index (χ0) is 18.1. The van der Waals surface area contributed by atoms with E-state index in [4.69, 9.17) is 23.7 Å². The van der Waals surface area contributed by atoms with Gasteiger partial charge in [-0.05, 0) is 40.8 Å². The maximum Gasteiger partial charge on any atom is 0.306 e. The molecule has 0 fully saturated rings. The van der Waals surface area contributed by atoms with Crippen LogP contribution in [0.1, 0.15) is 23.5 Å². The third-order valence-electron chi connectivity index (χ3n) is 4.41. The average molecular weight is 468 g/mol. The summed E-state index contributed by atoms with van der Waals surface area (Å²) < 4.78 is 28.4. The Kier molecular flexibility index (Phi) is 4.80. The molecule has 2 aromatic rings. The number of carbonyl (C=O) groups is 1. The first kappa shape index (κ1) is 17.3. The molecule has 0 spiro atoms. The number of halogens is 1. The summed E-state index contributed by atoms with van der Waals surface area (Å²) in [6.07, 6.45) is 0.315. The SMILES string of the molecule is COC(=O)C[C@@H]1COc2cc(OCc3cc(I)cc4c3OCO4)ccc21. The second-order valence-corrected chi connectivity index (χ2v) is 7.32. The van der Waals surface area contributed by atoms with Gasteiger partial charge in [-0.15, -0.1) is 0 Å². The molecule has 0 N–H and O–H groups in total. The fourth-order valence-electron chi connectivity index (χ4n) is 3.11. The van der Waals surface area contributed by atoms with Crippen LogP contribution >= 0.6 is 22.6 Å². The molecular weight excluding hydrogens is 451 g/mol. The Hall–Kier alpha value is -2.16. The highest BCUT2D eigenvalue weighted by molar-refractivity contribution is 14.1. The molecule has 136 valence electrons. The van der Waals surface area contributed by atoms with E-state index in [0.29, 0.717) is 25.4 Å². The van der Waals surface area contributed by atoms with E-state index in [-0.39, 0.29) is 18.7 Å². The van der Waals surface area contributed by atoms with Crippen molar-refractivity contribution in [1.82, 2.24) is 0 Å². The maximum atomic E-state index is 11.5. The highest BCUT2D eigenvalue weighted by atomic mass is 127. The van der Waals surface area contributed by atoms with E-state index in [1.165, 1.54) is 7.11 Å². The van der Waals surface area contributed by atoms with Crippen molar-refractivity contribution >= 4 is 28.6 Å². The van der Waals surface area contributed by atoms with E-state index in [1.807, 2.05) is 30.3 Å². The second-order valence-electron chi connectivity index (χ2n) is 6.08. The monoisotopic (exact) mass is 468 g/mol. The van der Waals surface area contributed by atoms with E-state index in [2.05, 4.69) is 22.6 Å². The minimum Gasteiger partial charge on any atom is -0.492 e. The third-order valence-corrected chi connectivity index (χ3v) is 5.04. The molecule has 6 nitrogen and oxygen atoms in total. The second kappa shape index (κ2) is 7.22. The molecule has 0 aromatic heterocycles. The Morgan fingerprint density at radius 3 is 2.92 bits per heavy atom. The summed E-state index contributed by atoms with van der Waals surface area (Å²) in [6.45, 7) is 1.08. The summed E-state index contributed by atoms with van der Waals surface area (Å²) in [5.41, 5.74) is 1.95. The fourth-order valence-corrected chi connectivity index (χ4v) is 3.77. The van der Waals surface area contributed by atoms with Gasteiger partial charge in [0.1, 0.15) is 18.1 Å². The van der Waals surface area contributed by atoms with Crippen LogP contribution in [0.15, 0.2) is 30.3 Å². The lowest BCUT2D eigenvalue weighted by Gasteiger charge is -2.11. The Balaban J connectivity index is 1.47. The van der Waals surface area contributed by atoms with Gasteiger partial charge in [0.05, 0.1) is 20.1 Å². The molecule has 26 heavy (non-hydrogen) atoms. The van der Waals surface area contributed by atoms with Gasteiger partial charge in [0.2, 0.25) is 6.79 Å². The third kappa shape index (κ3) is 3.40. The number of hydrogen-bond donors (Lipinski definition) is 0. The highest BCUT2D eigenvalue weighted by Crippen LogP contribution is 2.40. The number of esters is 1. The summed E-state index contributed by atoms with van der Waals surface area (Å²) in [5, 5.41) is 0. The maximum absolute atomic E-state index is 11.5. The predicted octanol–water partition coefficient (Wildman–Crippen LogP) is 3.64. The van der Waals surface area contributed by atoms with Crippen molar-refractivity contribution in [2.24, 2.45) is 0 Å². The van der Waals surface area contributed by atoms with Crippen LogP contribution in [0.2, 0.25) is 0 Å². The van der Waals surface area contributed by atoms with Crippen LogP contribution in [0.3, 0.4) is 0 Å². The number of methoxy groups -OCH3 is 1. The van der Waals surface area contributed by atoms with Crippen LogP contribution in [-0.4, -0.2) is 26.5 Å². The van der Waals surface area contributed by atoms with Crippen LogP contribution in [0.4, 0.5) is 0 Å². The lowest BCUT2D eigenvalue weighted by Crippen LogP contribution is -2.09. The summed E-state index contributed by atoms with van der Waals surface area (Å²) >= 11 is 2.24. The summed E-state index contributed by atoms with van der Waals surface area (Å²) in [5.74, 6) is 2.73. The fraction of sp³-hybridized carbons (Fsp3) is 0.316. The van der Waals surface area contributed by atoms with Crippen molar-refractivity contribution < 1.29 is 28.5 Å². The molecule has 0 saturated carbocycles. The summed E-state index contributed by atoms with van der Waals surface area (Å²) in [6, 6.07) is 9.66. The Bertz CT molecular complexity index is 850. The van der Waals surface area contributed by atoms with Gasteiger partial charge in [0, 0.05) is 26.7 Å². The molecule has 0 radical (unpaired) electrons. The van der Waals surface area contributed by atoms with E-state index < -0.39 is 0 Å². The molecule has 1 atom stereocenters. The largest absolute Gasteiger partial charge is 0.492 e. The van der Waals surface area contributed by atoms with Gasteiger partial charge >= 0.3 is 5.97 Å². The molecule has 2 aromatic carbocycles. The van der Waals surface area contributed by atoms with E-state index in [1.54, 1.807) is 0 Å². The molecule has 0 aliphatic carbocycles. The summed E-state index contributed by atoms with van der Waals surface area (Å²) in [7, 11) is 1.40. The van der Waals surface area contributed by atoms with Gasteiger partial charge in [-0.3, -0.25) is 4.79 Å². The van der Waals surface area contributed by atoms with Gasteiger partial charge in [-0.25, -0.2) is 0 Å². The normalized spacial score (nSPS) is 16.8. The molecule has 4 rings (SSSR count). The van der Waals surface area contributed by atoms with Gasteiger partial charge < -0.3 is 23.7 Å². The number of rotatable bonds is 5. The molecule has 7 heteroatoms. The molecular formula is C19H17IO6. The van der Waals surface area contributed by atoms with Gasteiger partial charge in [-0.2, -0.15) is 0 Å². The Morgan fingerprint density at radius 1 is 1.19 bits per heavy atom. The van der Waals surface area contributed by atoms with Crippen LogP contribution in [0, 0.1) is 3.57 Å². The average Bonchev–Trinajstić information content (AvgIpc) is 3.26. The summed E-state index contributed by atoms with van der Waals surface area (Å²) in [4.78, 5) is 11.5. The number of hydrogen-bond acceptors (Lipinski definition) is 6. The smallest absolute Gasteiger partial charge is 0.306 e. The number of ether oxygens (including phenoxy) is 5. The predicted molar refractivity (Wildman–Crippen MR) is 101 cm³/mol. The number of benzene rings is 2. The van der Waals surface area contributed by atoms with Crippen LogP contribution in [-0.2, 0) is 16.1 Å². The quantitative estimate of drug-likeness (QED) is 0.494. The van der Waals surface area contributed by atoms with Crippen molar-refractivity contribution in [3.63, 3.8) is 0 Å². The molecule has 0 saturated heterocycles. The van der Waals surface area contributed by atoms with Gasteiger partial charge in [0.15, 0.2) is 11.5 Å². The zero-order valence-electron chi connectivity index (χ0n) is 14.1. The standard InChI is InChI=1S/C19H17IO6/c1-22-18(21)5-11-8-24-16-7-14(2-3-15(11)16)23-9-12-4-13(20)6-17-19(12)26-10-25-17/h2-4,6-7,11H,5,8-10H2,1H3/t11-/m1/s1. The van der Waals surface area contributed by atoms with Gasteiger partial charge in [0.25, 0.3) is 0 Å². The van der Waals surface area contributed by atoms with E-state index in [0.717, 1.165) is 31.9 Å². The van der Waals surface area contributed by atoms with Crippen LogP contribution in [0.25, 0.3) is 0 Å². The van der Waals surface area contributed by atoms with Crippen molar-refractivity contribution in [2.75, 3.05) is 20.5 Å². The van der Waals surface area contributed by atoms with Crippen molar-refractivity contribution in [1.29, 1.82) is 0 Å². The number of carbonyl (C=O) groups excluding carboxylic acids is 1. The minimum absolute atomic E-state index is 0.0241. The van der Waals surface area contributed by atoms with E-state index in [9.17, 15) is 4.79 Å². The Morgan fingerprint density at radius 2 is 2.08 bits per heavy atom. The van der Waals surface area contributed by atoms with Gasteiger partial charge in [-0.1, -0.05) is 6.07 Å². The lowest BCUT2D eigenvalue weighted by molar-refractivity contribution is -0.141. The van der Waals surface area contributed by atoms with Crippen LogP contribution < -0.4 is 18.9 Å². The first-order valence-corrected chi connectivity index (χ1v) is 9.26. The molecule has 0 unspecified atom stereocenters. The van der Waals surface area contributed by atoms with Crippen LogP contribution in [0.5, 0.6) is 23.0 Å². The number of fused-ring (bicyclic) bond motifs is 2. The molecule has 2 aliphatic heterocycles. The highest BCUT2D eigenvalue weighted by Gasteiger charge is 2.27. The first-order chi connectivity index (χ1) is 12.6. The van der Waals surface area contributed by atoms with Crippen molar-refractivity contribution in [3.05, 3.63) is 45.0 Å². The molecule has 2 aliphatic rings. The lowest BCUT2D eigenvalue weighted by atomic mass is 9.98. The van der Waals surface area contributed by atoms with Crippen molar-refractivity contribution in [2.45, 2.75) is 18.9 Å². The molecule has 0 bridgehead atoms.